The number of thioether (sulfide) groups is 1. The minimum Gasteiger partial charge on any atom is -0.268 e. The molecule has 0 radical (unpaired) electrons. The molecule has 0 spiro atoms. The third-order valence-electron chi connectivity index (χ3n) is 3.23. The van der Waals surface area contributed by atoms with E-state index >= 15 is 0 Å². The number of anilines is 1. The van der Waals surface area contributed by atoms with Crippen LogP contribution in [0.25, 0.3) is 5.57 Å². The van der Waals surface area contributed by atoms with Gasteiger partial charge in [0.15, 0.2) is 0 Å². The van der Waals surface area contributed by atoms with Crippen molar-refractivity contribution >= 4 is 57.8 Å². The standard InChI is InChI=1S/C17H14ClNO2S2/c1-10(2)23-15-14(13-7-4-8-22-13)16(20)19(17(15)21)12-6-3-5-11(18)9-12/h3-10H,1-2H3. The predicted molar refractivity (Wildman–Crippen MR) is 97.9 cm³/mol. The Kier molecular flexibility index (Phi) is 4.62. The summed E-state index contributed by atoms with van der Waals surface area (Å²) in [6.07, 6.45) is 0. The molecule has 1 aliphatic heterocycles. The van der Waals surface area contributed by atoms with Gasteiger partial charge in [-0.15, -0.1) is 23.1 Å². The summed E-state index contributed by atoms with van der Waals surface area (Å²) >= 11 is 8.89. The molecule has 2 aromatic rings. The maximum absolute atomic E-state index is 12.9. The van der Waals surface area contributed by atoms with Gasteiger partial charge in [0.2, 0.25) is 0 Å². The first-order chi connectivity index (χ1) is 11.0. The van der Waals surface area contributed by atoms with E-state index in [9.17, 15) is 9.59 Å². The first-order valence-corrected chi connectivity index (χ1v) is 9.22. The summed E-state index contributed by atoms with van der Waals surface area (Å²) in [6.45, 7) is 4.01. The summed E-state index contributed by atoms with van der Waals surface area (Å²) in [5.41, 5.74) is 0.990. The lowest BCUT2D eigenvalue weighted by molar-refractivity contribution is -0.119. The molecule has 6 heteroatoms. The number of amides is 2. The van der Waals surface area contributed by atoms with Crippen molar-refractivity contribution in [3.8, 4) is 0 Å². The van der Waals surface area contributed by atoms with Gasteiger partial charge in [-0.1, -0.05) is 37.6 Å². The van der Waals surface area contributed by atoms with Crippen LogP contribution in [0.1, 0.15) is 18.7 Å². The van der Waals surface area contributed by atoms with Crippen LogP contribution in [0.15, 0.2) is 46.7 Å². The van der Waals surface area contributed by atoms with E-state index < -0.39 is 0 Å². The normalized spacial score (nSPS) is 15.2. The lowest BCUT2D eigenvalue weighted by Gasteiger charge is -2.15. The van der Waals surface area contributed by atoms with E-state index in [-0.39, 0.29) is 17.1 Å². The van der Waals surface area contributed by atoms with E-state index in [0.717, 1.165) is 4.88 Å². The molecule has 1 aromatic carbocycles. The van der Waals surface area contributed by atoms with Crippen molar-refractivity contribution < 1.29 is 9.59 Å². The van der Waals surface area contributed by atoms with Crippen molar-refractivity contribution in [2.24, 2.45) is 0 Å². The summed E-state index contributed by atoms with van der Waals surface area (Å²) in [6, 6.07) is 10.5. The fourth-order valence-electron chi connectivity index (χ4n) is 2.34. The number of carbonyl (C=O) groups is 2. The third kappa shape index (κ3) is 3.09. The van der Waals surface area contributed by atoms with Gasteiger partial charge in [-0.05, 0) is 29.6 Å². The highest BCUT2D eigenvalue weighted by Gasteiger charge is 2.40. The average Bonchev–Trinajstić information content (AvgIpc) is 3.07. The number of rotatable bonds is 4. The Hall–Kier alpha value is -1.56. The van der Waals surface area contributed by atoms with Crippen LogP contribution in [0, 0.1) is 0 Å². The summed E-state index contributed by atoms with van der Waals surface area (Å²) < 4.78 is 0. The molecule has 2 heterocycles. The second kappa shape index (κ2) is 6.51. The molecule has 0 atom stereocenters. The highest BCUT2D eigenvalue weighted by molar-refractivity contribution is 8.04. The molecule has 0 bridgehead atoms. The molecule has 3 nitrogen and oxygen atoms in total. The lowest BCUT2D eigenvalue weighted by Crippen LogP contribution is -2.31. The van der Waals surface area contributed by atoms with Crippen LogP contribution < -0.4 is 4.90 Å². The van der Waals surface area contributed by atoms with Crippen LogP contribution in [0.5, 0.6) is 0 Å². The molecule has 0 N–H and O–H groups in total. The second-order valence-corrected chi connectivity index (χ2v) is 8.24. The topological polar surface area (TPSA) is 37.4 Å². The van der Waals surface area contributed by atoms with Gasteiger partial charge in [0.25, 0.3) is 11.8 Å². The van der Waals surface area contributed by atoms with Crippen molar-refractivity contribution in [1.29, 1.82) is 0 Å². The van der Waals surface area contributed by atoms with Crippen molar-refractivity contribution in [1.82, 2.24) is 0 Å². The number of benzene rings is 1. The molecule has 0 aliphatic carbocycles. The van der Waals surface area contributed by atoms with Crippen LogP contribution in [0.3, 0.4) is 0 Å². The number of halogens is 1. The van der Waals surface area contributed by atoms with Crippen molar-refractivity contribution in [3.05, 3.63) is 56.6 Å². The van der Waals surface area contributed by atoms with Crippen LogP contribution in [0.4, 0.5) is 5.69 Å². The minimum atomic E-state index is -0.289. The molecule has 23 heavy (non-hydrogen) atoms. The zero-order valence-corrected chi connectivity index (χ0v) is 15.0. The largest absolute Gasteiger partial charge is 0.272 e. The molecule has 0 saturated carbocycles. The van der Waals surface area contributed by atoms with Gasteiger partial charge in [0, 0.05) is 15.1 Å². The van der Waals surface area contributed by atoms with E-state index in [0.29, 0.717) is 21.2 Å². The van der Waals surface area contributed by atoms with Crippen molar-refractivity contribution in [2.45, 2.75) is 19.1 Å². The molecule has 1 aliphatic rings. The maximum Gasteiger partial charge on any atom is 0.272 e. The van der Waals surface area contributed by atoms with Gasteiger partial charge in [-0.2, -0.15) is 0 Å². The van der Waals surface area contributed by atoms with Crippen LogP contribution in [-0.2, 0) is 9.59 Å². The number of thiophene rings is 1. The summed E-state index contributed by atoms with van der Waals surface area (Å²) in [7, 11) is 0. The molecule has 1 aromatic heterocycles. The second-order valence-electron chi connectivity index (χ2n) is 5.27. The lowest BCUT2D eigenvalue weighted by atomic mass is 10.2. The number of hydrogen-bond donors (Lipinski definition) is 0. The van der Waals surface area contributed by atoms with Crippen LogP contribution >= 0.6 is 34.7 Å². The third-order valence-corrected chi connectivity index (χ3v) is 5.44. The zero-order chi connectivity index (χ0) is 16.6. The number of imide groups is 1. The molecule has 118 valence electrons. The molecule has 2 amide bonds. The Morgan fingerprint density at radius 1 is 1.13 bits per heavy atom. The Balaban J connectivity index is 2.09. The molecular formula is C17H14ClNO2S2. The summed E-state index contributed by atoms with van der Waals surface area (Å²) in [5, 5.41) is 2.60. The Morgan fingerprint density at radius 2 is 1.91 bits per heavy atom. The average molecular weight is 364 g/mol. The first-order valence-electron chi connectivity index (χ1n) is 7.08. The molecule has 0 unspecified atom stereocenters. The number of hydrogen-bond acceptors (Lipinski definition) is 4. The zero-order valence-electron chi connectivity index (χ0n) is 12.6. The SMILES string of the molecule is CC(C)SC1=C(c2cccs2)C(=O)N(c2cccc(Cl)c2)C1=O. The van der Waals surface area contributed by atoms with Gasteiger partial charge in [-0.25, -0.2) is 4.90 Å². The number of carbonyl (C=O) groups excluding carboxylic acids is 2. The van der Waals surface area contributed by atoms with Gasteiger partial charge in [-0.3, -0.25) is 9.59 Å². The monoisotopic (exact) mass is 363 g/mol. The van der Waals surface area contributed by atoms with Crippen LogP contribution in [-0.4, -0.2) is 17.1 Å². The van der Waals surface area contributed by atoms with Crippen molar-refractivity contribution in [3.63, 3.8) is 0 Å². The van der Waals surface area contributed by atoms with Gasteiger partial charge < -0.3 is 0 Å². The molecule has 3 rings (SSSR count). The Labute approximate surface area is 147 Å². The minimum absolute atomic E-state index is 0.205. The van der Waals surface area contributed by atoms with E-state index in [1.807, 2.05) is 31.4 Å². The van der Waals surface area contributed by atoms with Gasteiger partial charge >= 0.3 is 0 Å². The predicted octanol–water partition coefficient (Wildman–Crippen LogP) is 4.83. The summed E-state index contributed by atoms with van der Waals surface area (Å²) in [4.78, 5) is 28.3. The Bertz CT molecular complexity index is 797. The molecule has 0 fully saturated rings. The van der Waals surface area contributed by atoms with Crippen LogP contribution in [0.2, 0.25) is 5.02 Å². The first kappa shape index (κ1) is 16.3. The summed E-state index contributed by atoms with van der Waals surface area (Å²) in [5.74, 6) is -0.567. The maximum atomic E-state index is 12.9. The highest BCUT2D eigenvalue weighted by atomic mass is 35.5. The van der Waals surface area contributed by atoms with Crippen molar-refractivity contribution in [2.75, 3.05) is 4.90 Å². The molecular weight excluding hydrogens is 350 g/mol. The fourth-order valence-corrected chi connectivity index (χ4v) is 4.34. The van der Waals surface area contributed by atoms with Gasteiger partial charge in [0.1, 0.15) is 0 Å². The highest BCUT2D eigenvalue weighted by Crippen LogP contribution is 2.41. The smallest absolute Gasteiger partial charge is 0.268 e. The fraction of sp³-hybridized carbons (Fsp3) is 0.176. The van der Waals surface area contributed by atoms with E-state index in [2.05, 4.69) is 0 Å². The number of nitrogens with zero attached hydrogens (tertiary/aromatic N) is 1. The van der Waals surface area contributed by atoms with E-state index in [1.54, 1.807) is 24.3 Å². The Morgan fingerprint density at radius 3 is 2.52 bits per heavy atom. The quantitative estimate of drug-likeness (QED) is 0.730. The van der Waals surface area contributed by atoms with Gasteiger partial charge in [0.05, 0.1) is 16.2 Å². The molecule has 0 saturated heterocycles. The van der Waals surface area contributed by atoms with E-state index in [1.165, 1.54) is 28.0 Å². The van der Waals surface area contributed by atoms with E-state index in [4.69, 9.17) is 11.6 Å².